The zero-order valence-electron chi connectivity index (χ0n) is 14.7. The van der Waals surface area contributed by atoms with Crippen LogP contribution in [0.5, 0.6) is 5.75 Å². The number of alkyl halides is 2. The Morgan fingerprint density at radius 3 is 2.43 bits per heavy atom. The van der Waals surface area contributed by atoms with E-state index in [-0.39, 0.29) is 17.9 Å². The molecule has 0 aliphatic rings. The summed E-state index contributed by atoms with van der Waals surface area (Å²) in [5, 5.41) is 4.44. The van der Waals surface area contributed by atoms with Crippen molar-refractivity contribution in [2.24, 2.45) is 0 Å². The number of fused-ring (bicyclic) bond motifs is 1. The van der Waals surface area contributed by atoms with Gasteiger partial charge < -0.3 is 14.8 Å². The lowest BCUT2D eigenvalue weighted by molar-refractivity contribution is -0.146. The molecule has 0 bridgehead atoms. The van der Waals surface area contributed by atoms with Crippen LogP contribution < -0.4 is 10.1 Å². The van der Waals surface area contributed by atoms with Crippen LogP contribution in [0.2, 0.25) is 0 Å². The molecule has 3 aromatic carbocycles. The number of benzene rings is 3. The number of para-hydroxylation sites is 2. The highest BCUT2D eigenvalue weighted by Crippen LogP contribution is 2.25. The Labute approximate surface area is 159 Å². The third-order valence-electron chi connectivity index (χ3n) is 3.90. The van der Waals surface area contributed by atoms with Crippen LogP contribution in [0.25, 0.3) is 10.8 Å². The van der Waals surface area contributed by atoms with Gasteiger partial charge in [0.2, 0.25) is 0 Å². The molecule has 0 unspecified atom stereocenters. The normalized spacial score (nSPS) is 10.7. The molecule has 0 aliphatic heterocycles. The summed E-state index contributed by atoms with van der Waals surface area (Å²) in [5.41, 5.74) is 0.832. The van der Waals surface area contributed by atoms with Crippen LogP contribution in [0.3, 0.4) is 0 Å². The van der Waals surface area contributed by atoms with Crippen molar-refractivity contribution in [3.05, 3.63) is 72.3 Å². The van der Waals surface area contributed by atoms with Crippen LogP contribution in [0.4, 0.5) is 14.5 Å². The van der Waals surface area contributed by atoms with E-state index < -0.39 is 25.1 Å². The molecule has 1 amide bonds. The number of amides is 1. The SMILES string of the molecule is O=C(COC(=O)Cc1ccc2ccccc2c1)Nc1ccccc1OC(F)F. The summed E-state index contributed by atoms with van der Waals surface area (Å²) in [4.78, 5) is 23.9. The quantitative estimate of drug-likeness (QED) is 0.620. The molecule has 0 saturated heterocycles. The van der Waals surface area contributed by atoms with E-state index in [2.05, 4.69) is 10.1 Å². The van der Waals surface area contributed by atoms with Crippen molar-refractivity contribution in [2.45, 2.75) is 13.0 Å². The molecule has 5 nitrogen and oxygen atoms in total. The number of hydrogen-bond donors (Lipinski definition) is 1. The molecular weight excluding hydrogens is 368 g/mol. The zero-order valence-corrected chi connectivity index (χ0v) is 14.7. The lowest BCUT2D eigenvalue weighted by Gasteiger charge is -2.11. The summed E-state index contributed by atoms with van der Waals surface area (Å²) in [5.74, 6) is -1.40. The second-order valence-corrected chi connectivity index (χ2v) is 5.94. The molecule has 1 N–H and O–H groups in total. The number of anilines is 1. The molecule has 0 aromatic heterocycles. The molecule has 144 valence electrons. The Kier molecular flexibility index (Phi) is 6.16. The number of ether oxygens (including phenoxy) is 2. The summed E-state index contributed by atoms with van der Waals surface area (Å²) in [7, 11) is 0. The standard InChI is InChI=1S/C21H17F2NO4/c22-21(23)28-18-8-4-3-7-17(18)24-19(25)13-27-20(26)12-14-9-10-15-5-1-2-6-16(15)11-14/h1-11,21H,12-13H2,(H,24,25). The molecule has 0 radical (unpaired) electrons. The molecule has 0 saturated carbocycles. The van der Waals surface area contributed by atoms with Crippen LogP contribution >= 0.6 is 0 Å². The Hall–Kier alpha value is -3.48. The van der Waals surface area contributed by atoms with Gasteiger partial charge in [-0.1, -0.05) is 54.6 Å². The average molecular weight is 385 g/mol. The zero-order chi connectivity index (χ0) is 19.9. The molecule has 0 atom stereocenters. The second-order valence-electron chi connectivity index (χ2n) is 5.94. The van der Waals surface area contributed by atoms with Gasteiger partial charge in [0.25, 0.3) is 5.91 Å². The van der Waals surface area contributed by atoms with Gasteiger partial charge in [0.1, 0.15) is 5.75 Å². The molecule has 0 spiro atoms. The largest absolute Gasteiger partial charge is 0.455 e. The Balaban J connectivity index is 1.53. The van der Waals surface area contributed by atoms with Gasteiger partial charge in [0.15, 0.2) is 6.61 Å². The Bertz CT molecular complexity index is 991. The molecule has 0 fully saturated rings. The van der Waals surface area contributed by atoms with Crippen LogP contribution in [-0.2, 0) is 20.7 Å². The van der Waals surface area contributed by atoms with Gasteiger partial charge in [-0.15, -0.1) is 0 Å². The van der Waals surface area contributed by atoms with Crippen LogP contribution in [0.15, 0.2) is 66.7 Å². The van der Waals surface area contributed by atoms with Crippen molar-refractivity contribution in [3.63, 3.8) is 0 Å². The third-order valence-corrected chi connectivity index (χ3v) is 3.90. The summed E-state index contributed by atoms with van der Waals surface area (Å²) in [6.07, 6.45) is 0.0171. The maximum absolute atomic E-state index is 12.4. The minimum absolute atomic E-state index is 0.0171. The van der Waals surface area contributed by atoms with Gasteiger partial charge >= 0.3 is 12.6 Å². The van der Waals surface area contributed by atoms with Gasteiger partial charge in [-0.25, -0.2) is 0 Å². The van der Waals surface area contributed by atoms with Crippen LogP contribution in [-0.4, -0.2) is 25.1 Å². The van der Waals surface area contributed by atoms with E-state index in [9.17, 15) is 18.4 Å². The fraction of sp³-hybridized carbons (Fsp3) is 0.143. The maximum Gasteiger partial charge on any atom is 0.387 e. The van der Waals surface area contributed by atoms with Crippen molar-refractivity contribution in [1.29, 1.82) is 0 Å². The fourth-order valence-corrected chi connectivity index (χ4v) is 2.67. The van der Waals surface area contributed by atoms with E-state index in [1.165, 1.54) is 18.2 Å². The van der Waals surface area contributed by atoms with E-state index in [1.54, 1.807) is 6.07 Å². The van der Waals surface area contributed by atoms with Gasteiger partial charge in [-0.2, -0.15) is 8.78 Å². The topological polar surface area (TPSA) is 64.6 Å². The van der Waals surface area contributed by atoms with Crippen molar-refractivity contribution in [2.75, 3.05) is 11.9 Å². The monoisotopic (exact) mass is 385 g/mol. The Morgan fingerprint density at radius 1 is 0.929 bits per heavy atom. The number of halogens is 2. The smallest absolute Gasteiger partial charge is 0.387 e. The first-order chi connectivity index (χ1) is 13.5. The number of hydrogen-bond acceptors (Lipinski definition) is 4. The first-order valence-corrected chi connectivity index (χ1v) is 8.48. The van der Waals surface area contributed by atoms with Crippen molar-refractivity contribution in [3.8, 4) is 5.75 Å². The van der Waals surface area contributed by atoms with Crippen LogP contribution in [0, 0.1) is 0 Å². The molecular formula is C21H17F2NO4. The summed E-state index contributed by atoms with van der Waals surface area (Å²) >= 11 is 0. The fourth-order valence-electron chi connectivity index (χ4n) is 2.67. The minimum Gasteiger partial charge on any atom is -0.455 e. The minimum atomic E-state index is -3.02. The van der Waals surface area contributed by atoms with E-state index in [0.29, 0.717) is 0 Å². The molecule has 0 heterocycles. The molecule has 7 heteroatoms. The van der Waals surface area contributed by atoms with E-state index in [4.69, 9.17) is 4.74 Å². The Morgan fingerprint density at radius 2 is 1.64 bits per heavy atom. The highest BCUT2D eigenvalue weighted by Gasteiger charge is 2.13. The van der Waals surface area contributed by atoms with Gasteiger partial charge in [-0.3, -0.25) is 9.59 Å². The van der Waals surface area contributed by atoms with Crippen molar-refractivity contribution in [1.82, 2.24) is 0 Å². The first kappa shape index (κ1) is 19.3. The van der Waals surface area contributed by atoms with Gasteiger partial charge in [-0.05, 0) is 28.5 Å². The number of carbonyl (C=O) groups is 2. The van der Waals surface area contributed by atoms with Crippen molar-refractivity contribution < 1.29 is 27.8 Å². The highest BCUT2D eigenvalue weighted by atomic mass is 19.3. The van der Waals surface area contributed by atoms with Crippen LogP contribution in [0.1, 0.15) is 5.56 Å². The van der Waals surface area contributed by atoms with E-state index >= 15 is 0 Å². The lowest BCUT2D eigenvalue weighted by atomic mass is 10.1. The second kappa shape index (κ2) is 8.94. The predicted molar refractivity (Wildman–Crippen MR) is 100 cm³/mol. The van der Waals surface area contributed by atoms with Gasteiger partial charge in [0, 0.05) is 0 Å². The predicted octanol–water partition coefficient (Wildman–Crippen LogP) is 4.17. The van der Waals surface area contributed by atoms with E-state index in [1.807, 2.05) is 42.5 Å². The summed E-state index contributed by atoms with van der Waals surface area (Å²) < 4.78 is 34.1. The summed E-state index contributed by atoms with van der Waals surface area (Å²) in [6.45, 7) is -3.55. The molecule has 28 heavy (non-hydrogen) atoms. The first-order valence-electron chi connectivity index (χ1n) is 8.48. The van der Waals surface area contributed by atoms with Gasteiger partial charge in [0.05, 0.1) is 12.1 Å². The highest BCUT2D eigenvalue weighted by molar-refractivity contribution is 5.94. The van der Waals surface area contributed by atoms with E-state index in [0.717, 1.165) is 16.3 Å². The third kappa shape index (κ3) is 5.26. The average Bonchev–Trinajstić information content (AvgIpc) is 2.67. The number of esters is 1. The van der Waals surface area contributed by atoms with Crippen molar-refractivity contribution >= 4 is 28.3 Å². The number of nitrogens with one attached hydrogen (secondary N) is 1. The number of rotatable bonds is 7. The molecule has 3 aromatic rings. The maximum atomic E-state index is 12.4. The number of carbonyl (C=O) groups excluding carboxylic acids is 2. The molecule has 3 rings (SSSR count). The summed E-state index contributed by atoms with van der Waals surface area (Å²) in [6, 6.07) is 19.1. The molecule has 0 aliphatic carbocycles. The lowest BCUT2D eigenvalue weighted by Crippen LogP contribution is -2.22.